The lowest BCUT2D eigenvalue weighted by molar-refractivity contribution is -0.137. The first-order chi connectivity index (χ1) is 15.9. The van der Waals surface area contributed by atoms with Crippen LogP contribution in [0.2, 0.25) is 5.02 Å². The van der Waals surface area contributed by atoms with Crippen LogP contribution in [0.4, 0.5) is 23.7 Å². The van der Waals surface area contributed by atoms with Gasteiger partial charge in [0.25, 0.3) is 15.9 Å². The van der Waals surface area contributed by atoms with Crippen LogP contribution in [-0.2, 0) is 16.2 Å². The number of methoxy groups -OCH3 is 1. The number of alkyl halides is 3. The molecule has 4 rings (SSSR count). The number of H-pyrrole nitrogens is 1. The van der Waals surface area contributed by atoms with E-state index >= 15 is 0 Å². The first-order valence-corrected chi connectivity index (χ1v) is 11.1. The molecule has 0 saturated carbocycles. The lowest BCUT2D eigenvalue weighted by Crippen LogP contribution is -2.17. The third-order valence-corrected chi connectivity index (χ3v) is 6.45. The Morgan fingerprint density at radius 3 is 2.53 bits per heavy atom. The zero-order chi connectivity index (χ0) is 24.8. The van der Waals surface area contributed by atoms with Crippen molar-refractivity contribution in [3.8, 4) is 11.8 Å². The highest BCUT2D eigenvalue weighted by Crippen LogP contribution is 2.37. The number of hydrogen-bond acceptors (Lipinski definition) is 6. The van der Waals surface area contributed by atoms with Gasteiger partial charge in [-0.1, -0.05) is 11.6 Å². The van der Waals surface area contributed by atoms with Gasteiger partial charge in [0.05, 0.1) is 22.6 Å². The van der Waals surface area contributed by atoms with Gasteiger partial charge in [0.1, 0.15) is 5.52 Å². The van der Waals surface area contributed by atoms with Crippen LogP contribution in [0.3, 0.4) is 0 Å². The van der Waals surface area contributed by atoms with Gasteiger partial charge in [0.2, 0.25) is 5.88 Å². The van der Waals surface area contributed by atoms with Gasteiger partial charge in [-0.05, 0) is 36.4 Å². The summed E-state index contributed by atoms with van der Waals surface area (Å²) in [5, 5.41) is 0.230. The minimum absolute atomic E-state index is 0.0666. The molecule has 9 nitrogen and oxygen atoms in total. The number of primary amides is 1. The van der Waals surface area contributed by atoms with Crippen LogP contribution in [0.15, 0.2) is 47.4 Å². The quantitative estimate of drug-likeness (QED) is 0.354. The monoisotopic (exact) mass is 514 g/mol. The highest BCUT2D eigenvalue weighted by atomic mass is 35.5. The number of anilines is 1. The number of carbonyl (C=O) groups excluding carboxylic acids is 1. The summed E-state index contributed by atoms with van der Waals surface area (Å²) in [6, 6.07) is 8.14. The molecule has 34 heavy (non-hydrogen) atoms. The first kappa shape index (κ1) is 23.4. The van der Waals surface area contributed by atoms with Gasteiger partial charge < -0.3 is 20.2 Å². The second-order valence-electron chi connectivity index (χ2n) is 6.94. The standard InChI is InChI=1S/C20H14ClF3N4O5S/c1-32-16-8-12-11-7-10(3-5-15(11)26-17(12)18(27-16)33-19(25)29)34(30,31)28-9-2-4-14(21)13(6-9)20(22,23)24/h2-8,26,28H,1H3,(H2,25,29). The number of fused-ring (bicyclic) bond motifs is 3. The molecule has 1 amide bonds. The Morgan fingerprint density at radius 2 is 1.88 bits per heavy atom. The number of hydrogen-bond donors (Lipinski definition) is 3. The van der Waals surface area contributed by atoms with E-state index in [0.29, 0.717) is 22.4 Å². The molecule has 0 radical (unpaired) electrons. The minimum Gasteiger partial charge on any atom is -0.481 e. The summed E-state index contributed by atoms with van der Waals surface area (Å²) in [5.41, 5.74) is 4.30. The van der Waals surface area contributed by atoms with Crippen molar-refractivity contribution in [3.63, 3.8) is 0 Å². The average molecular weight is 515 g/mol. The molecule has 4 aromatic rings. The Labute approximate surface area is 194 Å². The van der Waals surface area contributed by atoms with E-state index in [4.69, 9.17) is 26.8 Å². The summed E-state index contributed by atoms with van der Waals surface area (Å²) in [7, 11) is -2.97. The maximum absolute atomic E-state index is 13.1. The fourth-order valence-corrected chi connectivity index (χ4v) is 4.58. The van der Waals surface area contributed by atoms with Gasteiger partial charge in [0.15, 0.2) is 0 Å². The lowest BCUT2D eigenvalue weighted by Gasteiger charge is -2.13. The summed E-state index contributed by atoms with van der Waals surface area (Å²) in [5.74, 6) is -0.113. The predicted molar refractivity (Wildman–Crippen MR) is 118 cm³/mol. The number of carbonyl (C=O) groups is 1. The number of nitrogens with two attached hydrogens (primary N) is 1. The molecule has 0 saturated heterocycles. The molecule has 0 aliphatic rings. The maximum atomic E-state index is 13.1. The topological polar surface area (TPSA) is 136 Å². The Hall–Kier alpha value is -3.71. The van der Waals surface area contributed by atoms with Crippen molar-refractivity contribution < 1.29 is 35.9 Å². The zero-order valence-corrected chi connectivity index (χ0v) is 18.6. The molecule has 0 unspecified atom stereocenters. The lowest BCUT2D eigenvalue weighted by atomic mass is 10.2. The number of aromatic amines is 1. The van der Waals surface area contributed by atoms with Crippen LogP contribution in [0.5, 0.6) is 11.8 Å². The van der Waals surface area contributed by atoms with Crippen LogP contribution in [0, 0.1) is 0 Å². The molecule has 0 aliphatic carbocycles. The maximum Gasteiger partial charge on any atom is 0.417 e. The third kappa shape index (κ3) is 4.39. The van der Waals surface area contributed by atoms with E-state index in [1.54, 1.807) is 0 Å². The van der Waals surface area contributed by atoms with Crippen molar-refractivity contribution in [1.82, 2.24) is 9.97 Å². The fourth-order valence-electron chi connectivity index (χ4n) is 3.28. The molecule has 2 aromatic heterocycles. The number of rotatable bonds is 5. The van der Waals surface area contributed by atoms with Crippen molar-refractivity contribution >= 4 is 55.2 Å². The van der Waals surface area contributed by atoms with Crippen molar-refractivity contribution in [2.75, 3.05) is 11.8 Å². The average Bonchev–Trinajstić information content (AvgIpc) is 3.12. The van der Waals surface area contributed by atoms with Gasteiger partial charge in [0, 0.05) is 28.0 Å². The molecular weight excluding hydrogens is 501 g/mol. The second kappa shape index (κ2) is 8.25. The van der Waals surface area contributed by atoms with E-state index in [2.05, 4.69) is 14.7 Å². The van der Waals surface area contributed by atoms with Gasteiger partial charge in [-0.25, -0.2) is 13.2 Å². The summed E-state index contributed by atoms with van der Waals surface area (Å²) < 4.78 is 77.4. The molecule has 0 atom stereocenters. The van der Waals surface area contributed by atoms with Crippen molar-refractivity contribution in [3.05, 3.63) is 53.1 Å². The minimum atomic E-state index is -4.76. The normalized spacial score (nSPS) is 12.1. The summed E-state index contributed by atoms with van der Waals surface area (Å²) in [6.45, 7) is 0. The Balaban J connectivity index is 1.80. The molecule has 14 heteroatoms. The van der Waals surface area contributed by atoms with Crippen LogP contribution in [0.25, 0.3) is 21.8 Å². The van der Waals surface area contributed by atoms with E-state index in [-0.39, 0.29) is 27.9 Å². The van der Waals surface area contributed by atoms with E-state index in [1.165, 1.54) is 31.4 Å². The number of pyridine rings is 1. The summed E-state index contributed by atoms with van der Waals surface area (Å²) in [6.07, 6.45) is -5.88. The summed E-state index contributed by atoms with van der Waals surface area (Å²) in [4.78, 5) is 18.0. The largest absolute Gasteiger partial charge is 0.481 e. The Bertz CT molecular complexity index is 1550. The number of nitrogens with zero attached hydrogens (tertiary/aromatic N) is 1. The molecule has 4 N–H and O–H groups in total. The van der Waals surface area contributed by atoms with Gasteiger partial charge in [-0.3, -0.25) is 4.72 Å². The summed E-state index contributed by atoms with van der Waals surface area (Å²) >= 11 is 5.59. The number of aromatic nitrogens is 2. The van der Waals surface area contributed by atoms with E-state index < -0.39 is 32.9 Å². The molecule has 2 heterocycles. The molecule has 0 bridgehead atoms. The highest BCUT2D eigenvalue weighted by Gasteiger charge is 2.33. The molecule has 2 aromatic carbocycles. The Kier molecular flexibility index (Phi) is 5.69. The molecule has 178 valence electrons. The van der Waals surface area contributed by atoms with E-state index in [9.17, 15) is 26.4 Å². The molecule has 0 aliphatic heterocycles. The van der Waals surface area contributed by atoms with Crippen molar-refractivity contribution in [2.24, 2.45) is 5.73 Å². The van der Waals surface area contributed by atoms with Crippen LogP contribution in [-0.4, -0.2) is 31.6 Å². The van der Waals surface area contributed by atoms with Gasteiger partial charge in [-0.2, -0.15) is 18.2 Å². The van der Waals surface area contributed by atoms with Gasteiger partial charge in [-0.15, -0.1) is 0 Å². The predicted octanol–water partition coefficient (Wildman–Crippen LogP) is 4.66. The van der Waals surface area contributed by atoms with Crippen LogP contribution < -0.4 is 19.9 Å². The number of ether oxygens (including phenoxy) is 2. The SMILES string of the molecule is COc1cc2c([nH]c3ccc(S(=O)(=O)Nc4ccc(Cl)c(C(F)(F)F)c4)cc32)c(OC(N)=O)n1. The molecular formula is C20H14ClF3N4O5S. The molecule has 0 spiro atoms. The first-order valence-electron chi connectivity index (χ1n) is 9.26. The number of halogens is 4. The number of benzene rings is 2. The molecule has 0 fully saturated rings. The number of sulfonamides is 1. The Morgan fingerprint density at radius 1 is 1.15 bits per heavy atom. The highest BCUT2D eigenvalue weighted by molar-refractivity contribution is 7.92. The number of amides is 1. The van der Waals surface area contributed by atoms with Crippen molar-refractivity contribution in [2.45, 2.75) is 11.1 Å². The van der Waals surface area contributed by atoms with Crippen LogP contribution >= 0.6 is 11.6 Å². The second-order valence-corrected chi connectivity index (χ2v) is 9.03. The van der Waals surface area contributed by atoms with Crippen molar-refractivity contribution in [1.29, 1.82) is 0 Å². The smallest absolute Gasteiger partial charge is 0.417 e. The fraction of sp³-hybridized carbons (Fsp3) is 0.100. The van der Waals surface area contributed by atoms with E-state index in [1.807, 2.05) is 0 Å². The van der Waals surface area contributed by atoms with E-state index in [0.717, 1.165) is 12.1 Å². The zero-order valence-electron chi connectivity index (χ0n) is 17.0. The third-order valence-electron chi connectivity index (χ3n) is 4.74. The number of nitrogens with one attached hydrogen (secondary N) is 2. The van der Waals surface area contributed by atoms with Crippen LogP contribution in [0.1, 0.15) is 5.56 Å². The van der Waals surface area contributed by atoms with Gasteiger partial charge >= 0.3 is 12.3 Å².